The van der Waals surface area contributed by atoms with Gasteiger partial charge in [-0.05, 0) is 49.5 Å². The molecule has 3 aromatic rings. The molecule has 1 aromatic carbocycles. The van der Waals surface area contributed by atoms with Crippen LogP contribution in [0.4, 0.5) is 5.69 Å². The van der Waals surface area contributed by atoms with E-state index >= 15 is 0 Å². The van der Waals surface area contributed by atoms with Crippen LogP contribution in [0.1, 0.15) is 10.4 Å². The Morgan fingerprint density at radius 1 is 1.09 bits per heavy atom. The highest BCUT2D eigenvalue weighted by atomic mass is 32.2. The highest BCUT2D eigenvalue weighted by Crippen LogP contribution is 2.16. The van der Waals surface area contributed by atoms with Gasteiger partial charge in [-0.3, -0.25) is 4.79 Å². The fourth-order valence-electron chi connectivity index (χ4n) is 2.22. The lowest BCUT2D eigenvalue weighted by Crippen LogP contribution is -2.18. The Morgan fingerprint density at radius 3 is 2.48 bits per heavy atom. The Labute approximate surface area is 133 Å². The number of hydrogen-bond acceptors (Lipinski definition) is 3. The van der Waals surface area contributed by atoms with Crippen LogP contribution in [-0.2, 0) is 10.0 Å². The first-order valence-electron chi connectivity index (χ1n) is 6.91. The maximum Gasteiger partial charge on any atom is 0.257 e. The van der Waals surface area contributed by atoms with Gasteiger partial charge in [0.05, 0.1) is 10.5 Å². The van der Waals surface area contributed by atoms with Crippen molar-refractivity contribution in [3.63, 3.8) is 0 Å². The van der Waals surface area contributed by atoms with Crippen molar-refractivity contribution in [3.05, 3.63) is 66.5 Å². The summed E-state index contributed by atoms with van der Waals surface area (Å²) in [5.41, 5.74) is 1.98. The highest BCUT2D eigenvalue weighted by Gasteiger charge is 2.12. The molecule has 2 aromatic heterocycles. The van der Waals surface area contributed by atoms with E-state index in [0.717, 1.165) is 5.52 Å². The molecule has 0 unspecified atom stereocenters. The fourth-order valence-corrected chi connectivity index (χ4v) is 2.95. The lowest BCUT2D eigenvalue weighted by Gasteiger charge is -2.06. The third kappa shape index (κ3) is 3.10. The smallest absolute Gasteiger partial charge is 0.257 e. The molecule has 0 aliphatic rings. The average Bonchev–Trinajstić information content (AvgIpc) is 2.99. The van der Waals surface area contributed by atoms with E-state index in [4.69, 9.17) is 0 Å². The molecule has 118 valence electrons. The van der Waals surface area contributed by atoms with Gasteiger partial charge < -0.3 is 9.72 Å². The van der Waals surface area contributed by atoms with Crippen molar-refractivity contribution in [1.82, 2.24) is 9.12 Å². The number of sulfonamides is 1. The van der Waals surface area contributed by atoms with Crippen LogP contribution in [0.2, 0.25) is 0 Å². The number of hydrogen-bond donors (Lipinski definition) is 2. The Kier molecular flexibility index (Phi) is 3.89. The number of fused-ring (bicyclic) bond motifs is 1. The largest absolute Gasteiger partial charge is 0.323 e. The van der Waals surface area contributed by atoms with Crippen LogP contribution in [0.15, 0.2) is 65.8 Å². The van der Waals surface area contributed by atoms with Crippen molar-refractivity contribution in [1.29, 1.82) is 0 Å². The molecule has 2 heterocycles. The van der Waals surface area contributed by atoms with Crippen molar-refractivity contribution in [2.24, 2.45) is 0 Å². The van der Waals surface area contributed by atoms with Crippen molar-refractivity contribution in [2.75, 3.05) is 12.4 Å². The number of aromatic nitrogens is 1. The zero-order chi connectivity index (χ0) is 16.4. The van der Waals surface area contributed by atoms with Crippen LogP contribution in [0.3, 0.4) is 0 Å². The summed E-state index contributed by atoms with van der Waals surface area (Å²) in [5, 5.41) is 2.75. The minimum Gasteiger partial charge on any atom is -0.323 e. The molecule has 0 fully saturated rings. The Morgan fingerprint density at radius 2 is 1.83 bits per heavy atom. The molecule has 2 N–H and O–H groups in total. The van der Waals surface area contributed by atoms with Gasteiger partial charge in [-0.2, -0.15) is 0 Å². The quantitative estimate of drug-likeness (QED) is 0.769. The Balaban J connectivity index is 1.80. The van der Waals surface area contributed by atoms with E-state index in [-0.39, 0.29) is 10.8 Å². The topological polar surface area (TPSA) is 79.7 Å². The second-order valence-corrected chi connectivity index (χ2v) is 6.83. The summed E-state index contributed by atoms with van der Waals surface area (Å²) in [6.07, 6.45) is 3.61. The van der Waals surface area contributed by atoms with E-state index in [9.17, 15) is 13.2 Å². The van der Waals surface area contributed by atoms with Crippen LogP contribution in [-0.4, -0.2) is 25.8 Å². The second kappa shape index (κ2) is 5.86. The summed E-state index contributed by atoms with van der Waals surface area (Å²) in [4.78, 5) is 12.4. The van der Waals surface area contributed by atoms with E-state index in [1.165, 1.54) is 19.2 Å². The van der Waals surface area contributed by atoms with Crippen LogP contribution < -0.4 is 10.0 Å². The van der Waals surface area contributed by atoms with Gasteiger partial charge in [-0.15, -0.1) is 0 Å². The number of pyridine rings is 1. The number of carbonyl (C=O) groups excluding carboxylic acids is 1. The van der Waals surface area contributed by atoms with Crippen LogP contribution >= 0.6 is 0 Å². The first-order valence-corrected chi connectivity index (χ1v) is 8.39. The number of benzene rings is 1. The summed E-state index contributed by atoms with van der Waals surface area (Å²) >= 11 is 0. The molecule has 23 heavy (non-hydrogen) atoms. The second-order valence-electron chi connectivity index (χ2n) is 4.95. The van der Waals surface area contributed by atoms with Crippen LogP contribution in [0, 0.1) is 0 Å². The van der Waals surface area contributed by atoms with Gasteiger partial charge in [0.15, 0.2) is 0 Å². The maximum absolute atomic E-state index is 12.3. The van der Waals surface area contributed by atoms with E-state index in [2.05, 4.69) is 10.0 Å². The number of rotatable bonds is 4. The van der Waals surface area contributed by atoms with Gasteiger partial charge in [0.1, 0.15) is 0 Å². The highest BCUT2D eigenvalue weighted by molar-refractivity contribution is 7.89. The average molecular weight is 329 g/mol. The molecule has 3 rings (SSSR count). The first-order chi connectivity index (χ1) is 11.0. The summed E-state index contributed by atoms with van der Waals surface area (Å²) in [6.45, 7) is 0. The lowest BCUT2D eigenvalue weighted by atomic mass is 10.2. The predicted molar refractivity (Wildman–Crippen MR) is 88.0 cm³/mol. The predicted octanol–water partition coefficient (Wildman–Crippen LogP) is 2.10. The van der Waals surface area contributed by atoms with Gasteiger partial charge >= 0.3 is 0 Å². The molecular weight excluding hydrogens is 314 g/mol. The number of nitrogens with zero attached hydrogens (tertiary/aromatic N) is 1. The molecule has 0 atom stereocenters. The van der Waals surface area contributed by atoms with Crippen molar-refractivity contribution >= 4 is 27.1 Å². The van der Waals surface area contributed by atoms with E-state index in [1.807, 2.05) is 28.8 Å². The molecule has 6 nitrogen and oxygen atoms in total. The number of nitrogens with one attached hydrogen (secondary N) is 2. The molecular formula is C16H15N3O3S. The third-order valence-electron chi connectivity index (χ3n) is 3.46. The summed E-state index contributed by atoms with van der Waals surface area (Å²) in [5.74, 6) is -0.252. The normalized spacial score (nSPS) is 11.5. The standard InChI is InChI=1S/C16H15N3O3S/c1-17-23(21,22)15-7-5-13(6-8-15)18-16(20)12-10-14-4-2-3-9-19(14)11-12/h2-11,17H,1H3,(H,18,20). The van der Waals surface area contributed by atoms with Gasteiger partial charge in [0.25, 0.3) is 5.91 Å². The molecule has 0 spiro atoms. The van der Waals surface area contributed by atoms with Crippen LogP contribution in [0.5, 0.6) is 0 Å². The van der Waals surface area contributed by atoms with Crippen molar-refractivity contribution in [2.45, 2.75) is 4.90 Å². The van der Waals surface area contributed by atoms with Gasteiger partial charge in [0, 0.05) is 23.6 Å². The maximum atomic E-state index is 12.3. The summed E-state index contributed by atoms with van der Waals surface area (Å²) in [6, 6.07) is 13.5. The Bertz CT molecular complexity index is 927. The van der Waals surface area contributed by atoms with Gasteiger partial charge in [-0.1, -0.05) is 6.07 Å². The fraction of sp³-hybridized carbons (Fsp3) is 0.0625. The Hall–Kier alpha value is -2.64. The summed E-state index contributed by atoms with van der Waals surface area (Å²) < 4.78 is 27.4. The molecule has 0 aliphatic carbocycles. The summed E-state index contributed by atoms with van der Waals surface area (Å²) in [7, 11) is -2.13. The van der Waals surface area contributed by atoms with E-state index in [0.29, 0.717) is 11.3 Å². The molecule has 1 amide bonds. The van der Waals surface area contributed by atoms with Crippen molar-refractivity contribution < 1.29 is 13.2 Å². The molecule has 7 heteroatoms. The number of carbonyl (C=O) groups is 1. The number of anilines is 1. The zero-order valence-corrected chi connectivity index (χ0v) is 13.2. The minimum absolute atomic E-state index is 0.146. The molecule has 0 radical (unpaired) electrons. The zero-order valence-electron chi connectivity index (χ0n) is 12.4. The van der Waals surface area contributed by atoms with E-state index in [1.54, 1.807) is 24.4 Å². The SMILES string of the molecule is CNS(=O)(=O)c1ccc(NC(=O)c2cc3ccccn3c2)cc1. The third-order valence-corrected chi connectivity index (χ3v) is 4.89. The first kappa shape index (κ1) is 15.3. The minimum atomic E-state index is -3.48. The van der Waals surface area contributed by atoms with Crippen molar-refractivity contribution in [3.8, 4) is 0 Å². The molecule has 0 saturated carbocycles. The van der Waals surface area contributed by atoms with Crippen LogP contribution in [0.25, 0.3) is 5.52 Å². The van der Waals surface area contributed by atoms with Gasteiger partial charge in [0.2, 0.25) is 10.0 Å². The monoisotopic (exact) mass is 329 g/mol. The van der Waals surface area contributed by atoms with E-state index < -0.39 is 10.0 Å². The lowest BCUT2D eigenvalue weighted by molar-refractivity contribution is 0.102. The molecule has 0 saturated heterocycles. The molecule has 0 bridgehead atoms. The molecule has 0 aliphatic heterocycles. The number of amides is 1. The van der Waals surface area contributed by atoms with Gasteiger partial charge in [-0.25, -0.2) is 13.1 Å².